The summed E-state index contributed by atoms with van der Waals surface area (Å²) in [6.45, 7) is 2.93. The number of pyridine rings is 1. The van der Waals surface area contributed by atoms with Gasteiger partial charge in [0, 0.05) is 24.5 Å². The van der Waals surface area contributed by atoms with E-state index in [1.165, 1.54) is 22.1 Å². The second kappa shape index (κ2) is 9.13. The molecule has 6 nitrogen and oxygen atoms in total. The van der Waals surface area contributed by atoms with Gasteiger partial charge in [-0.2, -0.15) is 4.31 Å². The number of amides is 1. The van der Waals surface area contributed by atoms with Gasteiger partial charge < -0.3 is 5.32 Å². The van der Waals surface area contributed by atoms with E-state index in [0.29, 0.717) is 29.7 Å². The van der Waals surface area contributed by atoms with Crippen molar-refractivity contribution < 1.29 is 22.0 Å². The first kappa shape index (κ1) is 22.6. The van der Waals surface area contributed by atoms with Crippen LogP contribution >= 0.6 is 11.8 Å². The lowest BCUT2D eigenvalue weighted by Crippen LogP contribution is -2.27. The molecule has 4 rings (SSSR count). The van der Waals surface area contributed by atoms with E-state index < -0.39 is 27.6 Å². The summed E-state index contributed by atoms with van der Waals surface area (Å²) in [6, 6.07) is 9.59. The molecule has 1 fully saturated rings. The van der Waals surface area contributed by atoms with Crippen molar-refractivity contribution in [3.63, 3.8) is 0 Å². The second-order valence-electron chi connectivity index (χ2n) is 7.53. The monoisotopic (exact) mass is 477 g/mol. The molecule has 10 heteroatoms. The quantitative estimate of drug-likeness (QED) is 0.535. The molecule has 0 spiro atoms. The number of rotatable bonds is 6. The Morgan fingerprint density at radius 2 is 1.88 bits per heavy atom. The highest BCUT2D eigenvalue weighted by atomic mass is 32.2. The van der Waals surface area contributed by atoms with Crippen LogP contribution in [0.5, 0.6) is 0 Å². The van der Waals surface area contributed by atoms with Gasteiger partial charge in [0.15, 0.2) is 0 Å². The highest BCUT2D eigenvalue weighted by Crippen LogP contribution is 2.28. The van der Waals surface area contributed by atoms with Crippen LogP contribution in [0.2, 0.25) is 0 Å². The number of nitrogens with zero attached hydrogens (tertiary/aromatic N) is 2. The second-order valence-corrected chi connectivity index (χ2v) is 10.5. The Balaban J connectivity index is 1.49. The number of fused-ring (bicyclic) bond motifs is 1. The van der Waals surface area contributed by atoms with Crippen LogP contribution in [-0.4, -0.2) is 42.5 Å². The van der Waals surface area contributed by atoms with E-state index in [1.54, 1.807) is 24.3 Å². The van der Waals surface area contributed by atoms with Crippen LogP contribution < -0.4 is 5.32 Å². The molecule has 1 N–H and O–H groups in total. The van der Waals surface area contributed by atoms with Crippen molar-refractivity contribution in [1.82, 2.24) is 9.29 Å². The number of aryl methyl sites for hydroxylation is 1. The fraction of sp³-hybridized carbons (Fsp3) is 0.273. The summed E-state index contributed by atoms with van der Waals surface area (Å²) >= 11 is 1.17. The first-order chi connectivity index (χ1) is 15.2. The molecule has 0 aliphatic carbocycles. The zero-order valence-electron chi connectivity index (χ0n) is 17.3. The van der Waals surface area contributed by atoms with Crippen molar-refractivity contribution in [2.45, 2.75) is 29.7 Å². The Labute approximate surface area is 189 Å². The van der Waals surface area contributed by atoms with E-state index in [-0.39, 0.29) is 16.3 Å². The molecule has 1 aliphatic rings. The first-order valence-corrected chi connectivity index (χ1v) is 12.5. The Kier molecular flexibility index (Phi) is 6.45. The largest absolute Gasteiger partial charge is 0.323 e. The highest BCUT2D eigenvalue weighted by molar-refractivity contribution is 7.99. The Bertz CT molecular complexity index is 1290. The minimum atomic E-state index is -3.52. The minimum absolute atomic E-state index is 0.0177. The van der Waals surface area contributed by atoms with Gasteiger partial charge in [0.1, 0.15) is 11.6 Å². The zero-order chi connectivity index (χ0) is 22.9. The van der Waals surface area contributed by atoms with Crippen molar-refractivity contribution in [1.29, 1.82) is 0 Å². The van der Waals surface area contributed by atoms with Crippen LogP contribution in [0.15, 0.2) is 52.4 Å². The fourth-order valence-electron chi connectivity index (χ4n) is 3.57. The SMILES string of the molecule is Cc1cc(SCC(=O)Nc2ccc(F)cc2F)nc2ccc(S(=O)(=O)N3CCCC3)cc12. The Morgan fingerprint density at radius 3 is 2.59 bits per heavy atom. The van der Waals surface area contributed by atoms with Crippen molar-refractivity contribution >= 4 is 44.3 Å². The van der Waals surface area contributed by atoms with Gasteiger partial charge in [-0.15, -0.1) is 0 Å². The molecule has 0 saturated carbocycles. The van der Waals surface area contributed by atoms with Gasteiger partial charge in [-0.05, 0) is 61.7 Å². The summed E-state index contributed by atoms with van der Waals surface area (Å²) in [5, 5.41) is 3.72. The van der Waals surface area contributed by atoms with Gasteiger partial charge in [-0.1, -0.05) is 11.8 Å². The Hall–Kier alpha value is -2.56. The Morgan fingerprint density at radius 1 is 1.12 bits per heavy atom. The normalized spacial score (nSPS) is 14.7. The molecule has 0 radical (unpaired) electrons. The van der Waals surface area contributed by atoms with E-state index in [9.17, 15) is 22.0 Å². The fourth-order valence-corrected chi connectivity index (χ4v) is 5.89. The van der Waals surface area contributed by atoms with Crippen LogP contribution in [0, 0.1) is 18.6 Å². The molecular weight excluding hydrogens is 456 g/mol. The molecule has 168 valence electrons. The lowest BCUT2D eigenvalue weighted by Gasteiger charge is -2.16. The summed E-state index contributed by atoms with van der Waals surface area (Å²) in [6.07, 6.45) is 1.74. The van der Waals surface area contributed by atoms with Gasteiger partial charge >= 0.3 is 0 Å². The molecule has 0 atom stereocenters. The predicted octanol–water partition coefficient (Wildman–Crippen LogP) is 4.34. The van der Waals surface area contributed by atoms with Gasteiger partial charge in [-0.3, -0.25) is 4.79 Å². The van der Waals surface area contributed by atoms with Crippen LogP contribution in [-0.2, 0) is 14.8 Å². The highest BCUT2D eigenvalue weighted by Gasteiger charge is 2.27. The van der Waals surface area contributed by atoms with E-state index in [1.807, 2.05) is 6.92 Å². The molecule has 2 aromatic carbocycles. The molecule has 3 aromatic rings. The molecule has 1 aromatic heterocycles. The summed E-state index contributed by atoms with van der Waals surface area (Å²) in [7, 11) is -3.52. The molecule has 0 unspecified atom stereocenters. The topological polar surface area (TPSA) is 79.4 Å². The maximum atomic E-state index is 13.7. The van der Waals surface area contributed by atoms with Crippen LogP contribution in [0.3, 0.4) is 0 Å². The lowest BCUT2D eigenvalue weighted by atomic mass is 10.1. The van der Waals surface area contributed by atoms with Gasteiger partial charge in [0.05, 0.1) is 26.9 Å². The number of hydrogen-bond acceptors (Lipinski definition) is 5. The lowest BCUT2D eigenvalue weighted by molar-refractivity contribution is -0.113. The van der Waals surface area contributed by atoms with E-state index >= 15 is 0 Å². The smallest absolute Gasteiger partial charge is 0.243 e. The number of sulfonamides is 1. The molecule has 0 bridgehead atoms. The van der Waals surface area contributed by atoms with Crippen molar-refractivity contribution in [2.24, 2.45) is 0 Å². The molecule has 1 aliphatic heterocycles. The van der Waals surface area contributed by atoms with Crippen molar-refractivity contribution in [2.75, 3.05) is 24.2 Å². The number of carbonyl (C=O) groups is 1. The number of carbonyl (C=O) groups excluding carboxylic acids is 1. The predicted molar refractivity (Wildman–Crippen MR) is 120 cm³/mol. The molecule has 32 heavy (non-hydrogen) atoms. The maximum absolute atomic E-state index is 13.7. The number of thioether (sulfide) groups is 1. The molecule has 1 saturated heterocycles. The minimum Gasteiger partial charge on any atom is -0.323 e. The zero-order valence-corrected chi connectivity index (χ0v) is 18.9. The summed E-state index contributed by atoms with van der Waals surface area (Å²) in [5.41, 5.74) is 1.37. The first-order valence-electron chi connectivity index (χ1n) is 10.0. The molecule has 1 amide bonds. The van der Waals surface area contributed by atoms with Gasteiger partial charge in [-0.25, -0.2) is 22.2 Å². The number of anilines is 1. The van der Waals surface area contributed by atoms with Gasteiger partial charge in [0.25, 0.3) is 0 Å². The third-order valence-corrected chi connectivity index (χ3v) is 8.03. The van der Waals surface area contributed by atoms with Crippen LogP contribution in [0.1, 0.15) is 18.4 Å². The number of nitrogens with one attached hydrogen (secondary N) is 1. The number of halogens is 2. The van der Waals surface area contributed by atoms with E-state index in [4.69, 9.17) is 0 Å². The maximum Gasteiger partial charge on any atom is 0.243 e. The van der Waals surface area contributed by atoms with E-state index in [0.717, 1.165) is 29.9 Å². The van der Waals surface area contributed by atoms with Crippen molar-refractivity contribution in [3.8, 4) is 0 Å². The average molecular weight is 478 g/mol. The van der Waals surface area contributed by atoms with Crippen LogP contribution in [0.4, 0.5) is 14.5 Å². The standard InChI is InChI=1S/C22H21F2N3O3S2/c1-14-10-22(31-13-21(28)25-20-6-4-15(23)11-18(20)24)26-19-7-5-16(12-17(14)19)32(29,30)27-8-2-3-9-27/h4-7,10-12H,2-3,8-9,13H2,1H3,(H,25,28). The third-order valence-electron chi connectivity index (χ3n) is 5.22. The van der Waals surface area contributed by atoms with Crippen molar-refractivity contribution in [3.05, 3.63) is 59.7 Å². The average Bonchev–Trinajstić information content (AvgIpc) is 3.30. The summed E-state index contributed by atoms with van der Waals surface area (Å²) in [4.78, 5) is 16.9. The van der Waals surface area contributed by atoms with Gasteiger partial charge in [0.2, 0.25) is 15.9 Å². The van der Waals surface area contributed by atoms with Crippen LogP contribution in [0.25, 0.3) is 10.9 Å². The summed E-state index contributed by atoms with van der Waals surface area (Å²) in [5.74, 6) is -2.03. The summed E-state index contributed by atoms with van der Waals surface area (Å²) < 4.78 is 53.9. The number of benzene rings is 2. The number of hydrogen-bond donors (Lipinski definition) is 1. The third kappa shape index (κ3) is 4.77. The van der Waals surface area contributed by atoms with E-state index in [2.05, 4.69) is 10.3 Å². The molecule has 2 heterocycles. The number of aromatic nitrogens is 1. The molecular formula is C22H21F2N3O3S2.